The van der Waals surface area contributed by atoms with Gasteiger partial charge >= 0.3 is 0 Å². The summed E-state index contributed by atoms with van der Waals surface area (Å²) in [5.41, 5.74) is 0. The minimum absolute atomic E-state index is 0.0484. The molecule has 0 radical (unpaired) electrons. The number of hydrogen-bond donors (Lipinski definition) is 2. The summed E-state index contributed by atoms with van der Waals surface area (Å²) in [5.74, 6) is -2.89. The van der Waals surface area contributed by atoms with Crippen LogP contribution in [0.25, 0.3) is 0 Å². The topological polar surface area (TPSA) is 65.5 Å². The smallest absolute Gasteiger partial charge is 0.258 e. The first-order valence-electron chi connectivity index (χ1n) is 3.15. The second kappa shape index (κ2) is 1.06. The summed E-state index contributed by atoms with van der Waals surface area (Å²) in [7, 11) is 0. The van der Waals surface area contributed by atoms with Gasteiger partial charge in [0, 0.05) is 0 Å². The van der Waals surface area contributed by atoms with Crippen LogP contribution in [0.5, 0.6) is 0 Å². The molecule has 0 saturated carbocycles. The first-order valence-corrected chi connectivity index (χ1v) is 3.15. The van der Waals surface area contributed by atoms with Crippen LogP contribution in [0.3, 0.4) is 0 Å². The molecule has 4 heteroatoms. The van der Waals surface area contributed by atoms with E-state index in [1.807, 2.05) is 0 Å². The lowest BCUT2D eigenvalue weighted by atomic mass is 10.0. The van der Waals surface area contributed by atoms with Gasteiger partial charge in [-0.2, -0.15) is 0 Å². The van der Waals surface area contributed by atoms with Gasteiger partial charge in [0.05, 0.1) is 0 Å². The van der Waals surface area contributed by atoms with Crippen molar-refractivity contribution in [2.45, 2.75) is 23.8 Å². The van der Waals surface area contributed by atoms with Gasteiger partial charge in [0.25, 0.3) is 5.79 Å². The van der Waals surface area contributed by atoms with Crippen molar-refractivity contribution in [3.63, 3.8) is 0 Å². The van der Waals surface area contributed by atoms with E-state index in [4.69, 9.17) is 9.47 Å². The largest absolute Gasteiger partial charge is 0.359 e. The Hall–Kier alpha value is -0.420. The Morgan fingerprint density at radius 3 is 2.90 bits per heavy atom. The molecule has 54 valence electrons. The van der Waals surface area contributed by atoms with Crippen molar-refractivity contribution in [2.24, 2.45) is 0 Å². The van der Waals surface area contributed by atoms with E-state index in [0.29, 0.717) is 0 Å². The Morgan fingerprint density at radius 1 is 1.40 bits per heavy atom. The number of hydrogen-bond acceptors (Lipinski definition) is 4. The maximum Gasteiger partial charge on any atom is 0.258 e. The van der Waals surface area contributed by atoms with Crippen molar-refractivity contribution in [2.75, 3.05) is 0 Å². The zero-order valence-corrected chi connectivity index (χ0v) is 5.02. The molecule has 0 aromatic carbocycles. The third kappa shape index (κ3) is 0.351. The SMILES string of the molecule is OC12C=CC3OC3C1(O)O2. The molecular weight excluding hydrogens is 136 g/mol. The molecule has 2 saturated heterocycles. The third-order valence-corrected chi connectivity index (χ3v) is 2.21. The number of epoxide rings is 2. The van der Waals surface area contributed by atoms with Crippen molar-refractivity contribution < 1.29 is 19.7 Å². The van der Waals surface area contributed by atoms with Crippen LogP contribution in [0.4, 0.5) is 0 Å². The van der Waals surface area contributed by atoms with Gasteiger partial charge < -0.3 is 19.7 Å². The predicted octanol–water partition coefficient (Wildman–Crippen LogP) is -1.27. The van der Waals surface area contributed by atoms with E-state index in [9.17, 15) is 10.2 Å². The van der Waals surface area contributed by atoms with Crippen LogP contribution >= 0.6 is 0 Å². The van der Waals surface area contributed by atoms with Crippen LogP contribution in [0.15, 0.2) is 12.2 Å². The maximum atomic E-state index is 9.37. The molecule has 0 aromatic heterocycles. The van der Waals surface area contributed by atoms with E-state index < -0.39 is 11.6 Å². The highest BCUT2D eigenvalue weighted by Crippen LogP contribution is 2.57. The lowest BCUT2D eigenvalue weighted by Gasteiger charge is -2.05. The van der Waals surface area contributed by atoms with Crippen molar-refractivity contribution in [3.05, 3.63) is 12.2 Å². The third-order valence-electron chi connectivity index (χ3n) is 2.21. The van der Waals surface area contributed by atoms with Gasteiger partial charge in [0.2, 0.25) is 5.79 Å². The van der Waals surface area contributed by atoms with Crippen molar-refractivity contribution in [1.29, 1.82) is 0 Å². The molecule has 1 aliphatic carbocycles. The van der Waals surface area contributed by atoms with Gasteiger partial charge in [0.15, 0.2) is 0 Å². The van der Waals surface area contributed by atoms with Gasteiger partial charge in [-0.15, -0.1) is 0 Å². The number of rotatable bonds is 0. The second-order valence-corrected chi connectivity index (χ2v) is 2.88. The number of aliphatic hydroxyl groups is 2. The predicted molar refractivity (Wildman–Crippen MR) is 28.8 cm³/mol. The summed E-state index contributed by atoms with van der Waals surface area (Å²) in [4.78, 5) is 0. The molecule has 2 N–H and O–H groups in total. The molecule has 2 aliphatic heterocycles. The van der Waals surface area contributed by atoms with E-state index in [1.165, 1.54) is 6.08 Å². The van der Waals surface area contributed by atoms with E-state index >= 15 is 0 Å². The summed E-state index contributed by atoms with van der Waals surface area (Å²) in [6.07, 6.45) is 2.74. The zero-order valence-electron chi connectivity index (χ0n) is 5.02. The molecule has 0 spiro atoms. The number of ether oxygens (including phenoxy) is 2. The van der Waals surface area contributed by atoms with Crippen molar-refractivity contribution in [3.8, 4) is 0 Å². The van der Waals surface area contributed by atoms with Crippen molar-refractivity contribution >= 4 is 0 Å². The van der Waals surface area contributed by atoms with E-state index in [0.717, 1.165) is 0 Å². The minimum atomic E-state index is -1.45. The molecule has 3 rings (SSSR count). The molecule has 0 aromatic rings. The van der Waals surface area contributed by atoms with E-state index in [-0.39, 0.29) is 12.2 Å². The highest BCUT2D eigenvalue weighted by atomic mass is 16.9. The molecule has 10 heavy (non-hydrogen) atoms. The van der Waals surface area contributed by atoms with Crippen LogP contribution in [0.1, 0.15) is 0 Å². The summed E-state index contributed by atoms with van der Waals surface area (Å²) < 4.78 is 9.68. The number of fused-ring (bicyclic) bond motifs is 3. The van der Waals surface area contributed by atoms with Crippen LogP contribution in [0, 0.1) is 0 Å². The highest BCUT2D eigenvalue weighted by molar-refractivity contribution is 5.30. The Labute approximate surface area is 56.7 Å². The molecule has 0 amide bonds. The standard InChI is InChI=1S/C6H6O4/c7-5-2-1-3-4(9-3)6(5,8)10-5/h1-4,7-8H. The normalized spacial score (nSPS) is 68.6. The molecule has 3 aliphatic rings. The minimum Gasteiger partial charge on any atom is -0.359 e. The summed E-state index contributed by atoms with van der Waals surface area (Å²) in [5, 5.41) is 18.6. The van der Waals surface area contributed by atoms with E-state index in [1.54, 1.807) is 6.08 Å². The van der Waals surface area contributed by atoms with Gasteiger partial charge in [-0.05, 0) is 6.08 Å². The fourth-order valence-electron chi connectivity index (χ4n) is 1.44. The van der Waals surface area contributed by atoms with E-state index in [2.05, 4.69) is 0 Å². The monoisotopic (exact) mass is 142 g/mol. The molecule has 4 nitrogen and oxygen atoms in total. The fraction of sp³-hybridized carbons (Fsp3) is 0.667. The van der Waals surface area contributed by atoms with Gasteiger partial charge in [-0.3, -0.25) is 0 Å². The first-order chi connectivity index (χ1) is 4.66. The Morgan fingerprint density at radius 2 is 2.20 bits per heavy atom. The maximum absolute atomic E-state index is 9.37. The van der Waals surface area contributed by atoms with Crippen LogP contribution in [-0.2, 0) is 9.47 Å². The average molecular weight is 142 g/mol. The first kappa shape index (κ1) is 5.26. The molecule has 4 atom stereocenters. The summed E-state index contributed by atoms with van der Waals surface area (Å²) in [6, 6.07) is 0. The molecule has 0 bridgehead atoms. The van der Waals surface area contributed by atoms with Gasteiger partial charge in [-0.25, -0.2) is 0 Å². The second-order valence-electron chi connectivity index (χ2n) is 2.88. The van der Waals surface area contributed by atoms with Gasteiger partial charge in [0.1, 0.15) is 12.2 Å². The lowest BCUT2D eigenvalue weighted by molar-refractivity contribution is 0.00620. The quantitative estimate of drug-likeness (QED) is 0.327. The molecule has 2 heterocycles. The molecule has 2 fully saturated rings. The van der Waals surface area contributed by atoms with Crippen molar-refractivity contribution in [1.82, 2.24) is 0 Å². The highest BCUT2D eigenvalue weighted by Gasteiger charge is 2.80. The Balaban J connectivity index is 2.09. The fourth-order valence-corrected chi connectivity index (χ4v) is 1.44. The molecular formula is C6H6O4. The van der Waals surface area contributed by atoms with Crippen LogP contribution in [-0.4, -0.2) is 34.0 Å². The summed E-state index contributed by atoms with van der Waals surface area (Å²) >= 11 is 0. The van der Waals surface area contributed by atoms with Crippen LogP contribution < -0.4 is 0 Å². The molecule has 4 unspecified atom stereocenters. The summed E-state index contributed by atoms with van der Waals surface area (Å²) in [6.45, 7) is 0. The lowest BCUT2D eigenvalue weighted by Crippen LogP contribution is -2.32. The Bertz CT molecular complexity index is 238. The van der Waals surface area contributed by atoms with Crippen LogP contribution in [0.2, 0.25) is 0 Å². The van der Waals surface area contributed by atoms with Gasteiger partial charge in [-0.1, -0.05) is 6.08 Å². The zero-order chi connectivity index (χ0) is 6.98. The Kier molecular flexibility index (Phi) is 0.557. The average Bonchev–Trinajstić information content (AvgIpc) is 2.64.